The number of carbonyl (C=O) groups is 1. The monoisotopic (exact) mass is 402 g/mol. The number of hydrogen-bond acceptors (Lipinski definition) is 4. The molecule has 0 radical (unpaired) electrons. The van der Waals surface area contributed by atoms with Gasteiger partial charge in [-0.3, -0.25) is 4.98 Å². The topological polar surface area (TPSA) is 52.1 Å². The van der Waals surface area contributed by atoms with Crippen molar-refractivity contribution in [3.8, 4) is 0 Å². The lowest BCUT2D eigenvalue weighted by Crippen LogP contribution is -2.02. The van der Waals surface area contributed by atoms with Gasteiger partial charge in [0, 0.05) is 34.2 Å². The summed E-state index contributed by atoms with van der Waals surface area (Å²) in [5.74, 6) is -0.450. The van der Waals surface area contributed by atoms with Gasteiger partial charge in [0.1, 0.15) is 11.8 Å². The van der Waals surface area contributed by atoms with Gasteiger partial charge in [-0.1, -0.05) is 48.0 Å². The quantitative estimate of drug-likeness (QED) is 0.245. The van der Waals surface area contributed by atoms with E-state index in [4.69, 9.17) is 16.3 Å². The fraction of sp³-hybridized carbons (Fsp3) is 0.125. The average molecular weight is 403 g/mol. The van der Waals surface area contributed by atoms with Crippen molar-refractivity contribution < 1.29 is 9.53 Å². The molecule has 0 aliphatic rings. The van der Waals surface area contributed by atoms with Crippen LogP contribution in [-0.2, 0) is 16.1 Å². The third-order valence-corrected chi connectivity index (χ3v) is 5.30. The first-order valence-corrected chi connectivity index (χ1v) is 9.64. The van der Waals surface area contributed by atoms with Gasteiger partial charge in [0.25, 0.3) is 0 Å². The number of aryl methyl sites for hydroxylation is 2. The maximum atomic E-state index is 12.2. The fourth-order valence-electron chi connectivity index (χ4n) is 3.22. The van der Waals surface area contributed by atoms with Crippen LogP contribution in [0.15, 0.2) is 60.8 Å². The molecule has 5 heteroatoms. The van der Waals surface area contributed by atoms with Crippen LogP contribution in [0.2, 0.25) is 5.15 Å². The molecule has 0 atom stereocenters. The number of halogens is 1. The maximum absolute atomic E-state index is 12.2. The number of nitrogens with zero attached hydrogens (tertiary/aromatic N) is 2. The van der Waals surface area contributed by atoms with Crippen LogP contribution in [0.3, 0.4) is 0 Å². The number of rotatable bonds is 4. The lowest BCUT2D eigenvalue weighted by Gasteiger charge is -2.09. The molecule has 4 nitrogen and oxygen atoms in total. The van der Waals surface area contributed by atoms with E-state index in [1.54, 1.807) is 12.3 Å². The molecular formula is C24H19ClN2O2. The van der Waals surface area contributed by atoms with Crippen LogP contribution < -0.4 is 0 Å². The van der Waals surface area contributed by atoms with Gasteiger partial charge in [-0.15, -0.1) is 0 Å². The van der Waals surface area contributed by atoms with Gasteiger partial charge in [-0.05, 0) is 43.2 Å². The van der Waals surface area contributed by atoms with Gasteiger partial charge in [-0.25, -0.2) is 9.78 Å². The molecule has 0 spiro atoms. The lowest BCUT2D eigenvalue weighted by atomic mass is 10.0. The van der Waals surface area contributed by atoms with Crippen LogP contribution in [-0.4, -0.2) is 15.9 Å². The molecule has 0 aliphatic heterocycles. The van der Waals surface area contributed by atoms with E-state index in [9.17, 15) is 4.79 Å². The normalized spacial score (nSPS) is 11.4. The second-order valence-electron chi connectivity index (χ2n) is 6.88. The molecule has 2 heterocycles. The van der Waals surface area contributed by atoms with Crippen molar-refractivity contribution in [3.63, 3.8) is 0 Å². The van der Waals surface area contributed by atoms with Gasteiger partial charge in [0.2, 0.25) is 0 Å². The molecule has 4 rings (SSSR count). The Bertz CT molecular complexity index is 1260. The van der Waals surface area contributed by atoms with Crippen LogP contribution in [0.4, 0.5) is 0 Å². The number of benzene rings is 2. The number of ether oxygens (including phenoxy) is 1. The molecule has 0 bridgehead atoms. The Morgan fingerprint density at radius 1 is 1.07 bits per heavy atom. The largest absolute Gasteiger partial charge is 0.458 e. The maximum Gasteiger partial charge on any atom is 0.331 e. The number of hydrogen-bond donors (Lipinski definition) is 0. The summed E-state index contributed by atoms with van der Waals surface area (Å²) in [5.41, 5.74) is 5.50. The minimum atomic E-state index is -0.450. The van der Waals surface area contributed by atoms with Gasteiger partial charge < -0.3 is 4.74 Å². The highest BCUT2D eigenvalue weighted by atomic mass is 35.5. The molecule has 4 aromatic rings. The van der Waals surface area contributed by atoms with Gasteiger partial charge in [0.05, 0.1) is 11.0 Å². The Morgan fingerprint density at radius 3 is 2.76 bits per heavy atom. The molecule has 0 fully saturated rings. The van der Waals surface area contributed by atoms with E-state index < -0.39 is 5.97 Å². The molecule has 0 unspecified atom stereocenters. The molecular weight excluding hydrogens is 384 g/mol. The number of para-hydroxylation sites is 1. The minimum absolute atomic E-state index is 0.0612. The second-order valence-corrected chi connectivity index (χ2v) is 7.24. The van der Waals surface area contributed by atoms with Crippen molar-refractivity contribution in [2.75, 3.05) is 0 Å². The summed E-state index contributed by atoms with van der Waals surface area (Å²) in [7, 11) is 0. The standard InChI is InChI=1S/C24H19ClN2O2/c1-15-8-9-19-13-20(24(25)27-22(19)16(15)2)14-29-21(28)11-10-18-6-3-5-17-7-4-12-26-23(17)18/h3-13H,14H2,1-2H3. The first-order valence-electron chi connectivity index (χ1n) is 9.27. The highest BCUT2D eigenvalue weighted by molar-refractivity contribution is 6.30. The van der Waals surface area contributed by atoms with Gasteiger partial charge in [-0.2, -0.15) is 0 Å². The molecule has 2 aromatic heterocycles. The smallest absolute Gasteiger partial charge is 0.331 e. The van der Waals surface area contributed by atoms with Crippen LogP contribution in [0, 0.1) is 13.8 Å². The third-order valence-electron chi connectivity index (χ3n) is 4.97. The summed E-state index contributed by atoms with van der Waals surface area (Å²) < 4.78 is 5.37. The number of esters is 1. The lowest BCUT2D eigenvalue weighted by molar-refractivity contribution is -0.138. The SMILES string of the molecule is Cc1ccc2cc(COC(=O)C=Cc3cccc4cccnc34)c(Cl)nc2c1C. The zero-order valence-electron chi connectivity index (χ0n) is 16.1. The summed E-state index contributed by atoms with van der Waals surface area (Å²) in [4.78, 5) is 21.1. The van der Waals surface area contributed by atoms with Crippen LogP contribution in [0.25, 0.3) is 27.9 Å². The van der Waals surface area contributed by atoms with E-state index in [1.807, 2.05) is 62.4 Å². The molecule has 0 N–H and O–H groups in total. The molecule has 0 aliphatic carbocycles. The highest BCUT2D eigenvalue weighted by Gasteiger charge is 2.10. The Labute approximate surface area is 173 Å². The van der Waals surface area contributed by atoms with E-state index in [0.29, 0.717) is 10.7 Å². The number of pyridine rings is 2. The second kappa shape index (κ2) is 8.02. The van der Waals surface area contributed by atoms with E-state index in [0.717, 1.165) is 38.5 Å². The predicted molar refractivity (Wildman–Crippen MR) is 117 cm³/mol. The van der Waals surface area contributed by atoms with Crippen LogP contribution in [0.5, 0.6) is 0 Å². The average Bonchev–Trinajstić information content (AvgIpc) is 2.74. The number of fused-ring (bicyclic) bond motifs is 2. The first-order chi connectivity index (χ1) is 14.0. The molecule has 0 saturated carbocycles. The van der Waals surface area contributed by atoms with Crippen LogP contribution in [0.1, 0.15) is 22.3 Å². The Hall–Kier alpha value is -3.24. The summed E-state index contributed by atoms with van der Waals surface area (Å²) in [5, 5.41) is 2.34. The minimum Gasteiger partial charge on any atom is -0.458 e. The third kappa shape index (κ3) is 3.98. The predicted octanol–water partition coefficient (Wildman–Crippen LogP) is 5.81. The molecule has 29 heavy (non-hydrogen) atoms. The van der Waals surface area contributed by atoms with Crippen molar-refractivity contribution >= 4 is 45.5 Å². The summed E-state index contributed by atoms with van der Waals surface area (Å²) in [6.07, 6.45) is 4.85. The zero-order chi connectivity index (χ0) is 20.4. The Kier molecular flexibility index (Phi) is 5.28. The number of aromatic nitrogens is 2. The Balaban J connectivity index is 1.50. The van der Waals surface area contributed by atoms with Crippen LogP contribution >= 0.6 is 11.6 Å². The molecule has 144 valence electrons. The highest BCUT2D eigenvalue weighted by Crippen LogP contribution is 2.25. The summed E-state index contributed by atoms with van der Waals surface area (Å²) in [6, 6.07) is 15.7. The first kappa shape index (κ1) is 19.1. The van der Waals surface area contributed by atoms with E-state index >= 15 is 0 Å². The fourth-order valence-corrected chi connectivity index (χ4v) is 3.42. The van der Waals surface area contributed by atoms with E-state index in [2.05, 4.69) is 9.97 Å². The van der Waals surface area contributed by atoms with Crippen molar-refractivity contribution in [1.29, 1.82) is 0 Å². The molecule has 0 amide bonds. The van der Waals surface area contributed by atoms with Crippen molar-refractivity contribution in [3.05, 3.63) is 88.2 Å². The van der Waals surface area contributed by atoms with Crippen molar-refractivity contribution in [2.24, 2.45) is 0 Å². The zero-order valence-corrected chi connectivity index (χ0v) is 16.9. The summed E-state index contributed by atoms with van der Waals surface area (Å²) >= 11 is 6.32. The van der Waals surface area contributed by atoms with Gasteiger partial charge >= 0.3 is 5.97 Å². The number of carbonyl (C=O) groups excluding carboxylic acids is 1. The molecule has 2 aromatic carbocycles. The van der Waals surface area contributed by atoms with Crippen molar-refractivity contribution in [1.82, 2.24) is 9.97 Å². The Morgan fingerprint density at radius 2 is 1.90 bits per heavy atom. The van der Waals surface area contributed by atoms with E-state index in [-0.39, 0.29) is 6.61 Å². The summed E-state index contributed by atoms with van der Waals surface area (Å²) in [6.45, 7) is 4.12. The van der Waals surface area contributed by atoms with E-state index in [1.165, 1.54) is 6.08 Å². The van der Waals surface area contributed by atoms with Crippen molar-refractivity contribution in [2.45, 2.75) is 20.5 Å². The molecule has 0 saturated heterocycles. The van der Waals surface area contributed by atoms with Gasteiger partial charge in [0.15, 0.2) is 0 Å².